The Labute approximate surface area is 150 Å². The Morgan fingerprint density at radius 3 is 2.77 bits per heavy atom. The number of hydrogen-bond donors (Lipinski definition) is 1. The summed E-state index contributed by atoms with van der Waals surface area (Å²) in [7, 11) is 5.03. The first-order chi connectivity index (χ1) is 12.5. The first-order valence-corrected chi connectivity index (χ1v) is 8.11. The lowest BCUT2D eigenvalue weighted by molar-refractivity contribution is -0.126. The molecule has 2 aromatic carbocycles. The molecular formula is C19H20FN3O3. The van der Waals surface area contributed by atoms with E-state index in [4.69, 9.17) is 9.15 Å². The van der Waals surface area contributed by atoms with Crippen molar-refractivity contribution < 1.29 is 18.3 Å². The predicted molar refractivity (Wildman–Crippen MR) is 95.2 cm³/mol. The molecule has 3 rings (SSSR count). The summed E-state index contributed by atoms with van der Waals surface area (Å²) in [6, 6.07) is 10.8. The van der Waals surface area contributed by atoms with E-state index in [1.165, 1.54) is 6.07 Å². The van der Waals surface area contributed by atoms with Crippen LogP contribution in [0.3, 0.4) is 0 Å². The largest absolute Gasteiger partial charge is 0.497 e. The average molecular weight is 357 g/mol. The van der Waals surface area contributed by atoms with Crippen molar-refractivity contribution in [2.45, 2.75) is 12.6 Å². The fraction of sp³-hybridized carbons (Fsp3) is 0.263. The minimum atomic E-state index is -0.749. The molecule has 0 bridgehead atoms. The van der Waals surface area contributed by atoms with Crippen molar-refractivity contribution in [1.82, 2.24) is 15.2 Å². The van der Waals surface area contributed by atoms with Crippen molar-refractivity contribution in [1.29, 1.82) is 0 Å². The smallest absolute Gasteiger partial charge is 0.242 e. The Morgan fingerprint density at radius 2 is 2.08 bits per heavy atom. The number of likely N-dealkylation sites (N-methyl/N-ethyl adjacent to an activating group) is 1. The molecule has 1 aromatic heterocycles. The van der Waals surface area contributed by atoms with Crippen LogP contribution in [0, 0.1) is 5.82 Å². The molecule has 0 radical (unpaired) electrons. The van der Waals surface area contributed by atoms with Gasteiger partial charge < -0.3 is 14.5 Å². The number of carbonyl (C=O) groups is 1. The fourth-order valence-electron chi connectivity index (χ4n) is 2.77. The van der Waals surface area contributed by atoms with Crippen LogP contribution in [0.25, 0.3) is 11.1 Å². The van der Waals surface area contributed by atoms with Crippen LogP contribution in [0.5, 0.6) is 5.75 Å². The van der Waals surface area contributed by atoms with Crippen molar-refractivity contribution in [2.75, 3.05) is 21.2 Å². The maximum Gasteiger partial charge on any atom is 0.242 e. The number of halogens is 1. The summed E-state index contributed by atoms with van der Waals surface area (Å²) < 4.78 is 24.9. The van der Waals surface area contributed by atoms with Gasteiger partial charge in [-0.3, -0.25) is 9.69 Å². The first kappa shape index (κ1) is 17.9. The van der Waals surface area contributed by atoms with Gasteiger partial charge in [0.2, 0.25) is 11.8 Å². The molecule has 1 amide bonds. The Bertz CT molecular complexity index is 923. The Kier molecular flexibility index (Phi) is 5.18. The third-order valence-electron chi connectivity index (χ3n) is 4.02. The van der Waals surface area contributed by atoms with Gasteiger partial charge in [0.1, 0.15) is 23.1 Å². The second kappa shape index (κ2) is 7.53. The van der Waals surface area contributed by atoms with Gasteiger partial charge in [-0.15, -0.1) is 0 Å². The highest BCUT2D eigenvalue weighted by molar-refractivity contribution is 5.83. The fourth-order valence-corrected chi connectivity index (χ4v) is 2.77. The molecule has 26 heavy (non-hydrogen) atoms. The summed E-state index contributed by atoms with van der Waals surface area (Å²) in [6.45, 7) is 0.106. The molecule has 6 nitrogen and oxygen atoms in total. The van der Waals surface area contributed by atoms with Crippen LogP contribution in [0.4, 0.5) is 4.39 Å². The van der Waals surface area contributed by atoms with Gasteiger partial charge in [-0.1, -0.05) is 18.2 Å². The maximum absolute atomic E-state index is 14.1. The number of nitrogens with one attached hydrogen (secondary N) is 1. The zero-order valence-corrected chi connectivity index (χ0v) is 14.8. The van der Waals surface area contributed by atoms with Gasteiger partial charge in [0.15, 0.2) is 5.58 Å². The van der Waals surface area contributed by atoms with E-state index < -0.39 is 11.9 Å². The van der Waals surface area contributed by atoms with Crippen LogP contribution < -0.4 is 10.1 Å². The molecule has 0 spiro atoms. The number of benzene rings is 2. The standard InChI is InChI=1S/C19H20FN3O3/c1-23(2)18(13-6-4-5-7-14(13)20)19(24)21-11-17-22-15-10-12(25-3)8-9-16(15)26-17/h4-10,18H,11H2,1-3H3,(H,21,24)/t18-/m0/s1. The third kappa shape index (κ3) is 3.67. The summed E-state index contributed by atoms with van der Waals surface area (Å²) in [5.41, 5.74) is 1.57. The predicted octanol–water partition coefficient (Wildman–Crippen LogP) is 2.89. The summed E-state index contributed by atoms with van der Waals surface area (Å²) >= 11 is 0. The molecular weight excluding hydrogens is 337 g/mol. The van der Waals surface area contributed by atoms with Crippen LogP contribution in [0.15, 0.2) is 46.9 Å². The molecule has 136 valence electrons. The highest BCUT2D eigenvalue weighted by Gasteiger charge is 2.25. The van der Waals surface area contributed by atoms with Gasteiger partial charge in [0.25, 0.3) is 0 Å². The number of rotatable bonds is 6. The SMILES string of the molecule is COc1ccc2oc(CNC(=O)[C@H](c3ccccc3F)N(C)C)nc2c1. The van der Waals surface area contributed by atoms with E-state index in [1.54, 1.807) is 62.5 Å². The van der Waals surface area contributed by atoms with E-state index in [2.05, 4.69) is 10.3 Å². The number of aromatic nitrogens is 1. The monoisotopic (exact) mass is 357 g/mol. The van der Waals surface area contributed by atoms with E-state index >= 15 is 0 Å². The van der Waals surface area contributed by atoms with Crippen molar-refractivity contribution >= 4 is 17.0 Å². The summed E-state index contributed by atoms with van der Waals surface area (Å²) in [5.74, 6) is 0.288. The molecule has 7 heteroatoms. The Morgan fingerprint density at radius 1 is 1.31 bits per heavy atom. The number of carbonyl (C=O) groups excluding carboxylic acids is 1. The van der Waals surface area contributed by atoms with Crippen LogP contribution >= 0.6 is 0 Å². The van der Waals surface area contributed by atoms with Gasteiger partial charge in [-0.25, -0.2) is 9.37 Å². The van der Waals surface area contributed by atoms with Crippen molar-refractivity contribution in [2.24, 2.45) is 0 Å². The lowest BCUT2D eigenvalue weighted by Crippen LogP contribution is -2.37. The number of hydrogen-bond acceptors (Lipinski definition) is 5. The van der Waals surface area contributed by atoms with Gasteiger partial charge in [0.05, 0.1) is 13.7 Å². The maximum atomic E-state index is 14.1. The Hall–Kier alpha value is -2.93. The molecule has 0 fully saturated rings. The number of nitrogens with zero attached hydrogens (tertiary/aromatic N) is 2. The van der Waals surface area contributed by atoms with E-state index in [1.807, 2.05) is 0 Å². The van der Waals surface area contributed by atoms with Crippen LogP contribution in [-0.2, 0) is 11.3 Å². The highest BCUT2D eigenvalue weighted by atomic mass is 19.1. The highest BCUT2D eigenvalue weighted by Crippen LogP contribution is 2.23. The number of amides is 1. The molecule has 0 saturated heterocycles. The molecule has 0 aliphatic carbocycles. The van der Waals surface area contributed by atoms with Crippen molar-refractivity contribution in [3.05, 3.63) is 59.7 Å². The minimum absolute atomic E-state index is 0.106. The first-order valence-electron chi connectivity index (χ1n) is 8.11. The molecule has 1 heterocycles. The lowest BCUT2D eigenvalue weighted by Gasteiger charge is -2.23. The number of ether oxygens (including phenoxy) is 1. The van der Waals surface area contributed by atoms with E-state index in [9.17, 15) is 9.18 Å². The lowest BCUT2D eigenvalue weighted by atomic mass is 10.0. The minimum Gasteiger partial charge on any atom is -0.497 e. The quantitative estimate of drug-likeness (QED) is 0.735. The summed E-state index contributed by atoms with van der Waals surface area (Å²) in [6.07, 6.45) is 0. The van der Waals surface area contributed by atoms with E-state index in [-0.39, 0.29) is 12.5 Å². The van der Waals surface area contributed by atoms with Crippen LogP contribution in [-0.4, -0.2) is 37.0 Å². The molecule has 0 aliphatic rings. The average Bonchev–Trinajstić information content (AvgIpc) is 3.03. The van der Waals surface area contributed by atoms with Crippen molar-refractivity contribution in [3.63, 3.8) is 0 Å². The zero-order chi connectivity index (χ0) is 18.7. The number of methoxy groups -OCH3 is 1. The molecule has 0 aliphatic heterocycles. The molecule has 3 aromatic rings. The van der Waals surface area contributed by atoms with Crippen LogP contribution in [0.1, 0.15) is 17.5 Å². The number of fused-ring (bicyclic) bond motifs is 1. The summed E-state index contributed by atoms with van der Waals surface area (Å²) in [4.78, 5) is 18.6. The van der Waals surface area contributed by atoms with E-state index in [0.29, 0.717) is 28.3 Å². The zero-order valence-electron chi connectivity index (χ0n) is 14.8. The number of oxazole rings is 1. The van der Waals surface area contributed by atoms with Gasteiger partial charge >= 0.3 is 0 Å². The van der Waals surface area contributed by atoms with Gasteiger partial charge in [-0.2, -0.15) is 0 Å². The third-order valence-corrected chi connectivity index (χ3v) is 4.02. The second-order valence-electron chi connectivity index (χ2n) is 6.05. The second-order valence-corrected chi connectivity index (χ2v) is 6.05. The van der Waals surface area contributed by atoms with Crippen molar-refractivity contribution in [3.8, 4) is 5.75 Å². The molecule has 0 unspecified atom stereocenters. The van der Waals surface area contributed by atoms with Crippen LogP contribution in [0.2, 0.25) is 0 Å². The molecule has 1 atom stereocenters. The van der Waals surface area contributed by atoms with Gasteiger partial charge in [0, 0.05) is 11.6 Å². The Balaban J connectivity index is 1.75. The molecule has 1 N–H and O–H groups in total. The summed E-state index contributed by atoms with van der Waals surface area (Å²) in [5, 5.41) is 2.76. The van der Waals surface area contributed by atoms with Gasteiger partial charge in [-0.05, 0) is 32.3 Å². The normalized spacial score (nSPS) is 12.3. The topological polar surface area (TPSA) is 67.6 Å². The molecule has 0 saturated carbocycles. The van der Waals surface area contributed by atoms with E-state index in [0.717, 1.165) is 0 Å².